The van der Waals surface area contributed by atoms with Crippen molar-refractivity contribution < 1.29 is 14.3 Å². The van der Waals surface area contributed by atoms with Gasteiger partial charge in [-0.3, -0.25) is 4.79 Å². The van der Waals surface area contributed by atoms with E-state index in [0.29, 0.717) is 13.1 Å². The lowest BCUT2D eigenvalue weighted by Crippen LogP contribution is -2.29. The predicted molar refractivity (Wildman–Crippen MR) is 74.2 cm³/mol. The van der Waals surface area contributed by atoms with E-state index in [-0.39, 0.29) is 10.8 Å². The molecule has 0 fully saturated rings. The lowest BCUT2D eigenvalue weighted by Gasteiger charge is -2.12. The largest absolute Gasteiger partial charge is 0.496 e. The summed E-state index contributed by atoms with van der Waals surface area (Å²) in [7, 11) is 3.02. The van der Waals surface area contributed by atoms with Crippen LogP contribution in [0.3, 0.4) is 0 Å². The van der Waals surface area contributed by atoms with E-state index >= 15 is 0 Å². The van der Waals surface area contributed by atoms with Gasteiger partial charge < -0.3 is 14.8 Å². The maximum absolute atomic E-state index is 11.2. The first kappa shape index (κ1) is 15.0. The SMILES string of the molecule is COC(=O)C(Br)CNCc1cc(C)ccc1OC. The van der Waals surface area contributed by atoms with Crippen LogP contribution in [-0.4, -0.2) is 31.6 Å². The van der Waals surface area contributed by atoms with E-state index < -0.39 is 0 Å². The molecule has 1 atom stereocenters. The number of esters is 1. The van der Waals surface area contributed by atoms with Gasteiger partial charge in [0, 0.05) is 18.7 Å². The molecule has 0 saturated carbocycles. The maximum Gasteiger partial charge on any atom is 0.320 e. The molecule has 5 heteroatoms. The van der Waals surface area contributed by atoms with Crippen LogP contribution in [0.2, 0.25) is 0 Å². The summed E-state index contributed by atoms with van der Waals surface area (Å²) in [6, 6.07) is 6.01. The molecule has 1 unspecified atom stereocenters. The van der Waals surface area contributed by atoms with Crippen LogP contribution in [0.4, 0.5) is 0 Å². The normalized spacial score (nSPS) is 12.0. The zero-order valence-electron chi connectivity index (χ0n) is 10.8. The quantitative estimate of drug-likeness (QED) is 0.644. The number of halogens is 1. The molecule has 0 saturated heterocycles. The number of hydrogen-bond donors (Lipinski definition) is 1. The van der Waals surface area contributed by atoms with Gasteiger partial charge >= 0.3 is 5.97 Å². The van der Waals surface area contributed by atoms with Crippen LogP contribution in [0.5, 0.6) is 5.75 Å². The summed E-state index contributed by atoms with van der Waals surface area (Å²) in [6.45, 7) is 3.18. The van der Waals surface area contributed by atoms with Crippen molar-refractivity contribution in [3.05, 3.63) is 29.3 Å². The Morgan fingerprint density at radius 2 is 2.17 bits per heavy atom. The van der Waals surface area contributed by atoms with E-state index in [1.54, 1.807) is 7.11 Å². The summed E-state index contributed by atoms with van der Waals surface area (Å²) >= 11 is 3.26. The third-order valence-electron chi connectivity index (χ3n) is 2.53. The standard InChI is InChI=1S/C13H18BrNO3/c1-9-4-5-12(17-2)10(6-9)7-15-8-11(14)13(16)18-3/h4-6,11,15H,7-8H2,1-3H3. The molecule has 1 aromatic carbocycles. The fraction of sp³-hybridized carbons (Fsp3) is 0.462. The Bertz CT molecular complexity index is 409. The van der Waals surface area contributed by atoms with Crippen molar-refractivity contribution >= 4 is 21.9 Å². The molecule has 1 aromatic rings. The lowest BCUT2D eigenvalue weighted by atomic mass is 10.1. The first-order valence-corrected chi connectivity index (χ1v) is 6.56. The van der Waals surface area contributed by atoms with Gasteiger partial charge in [-0.2, -0.15) is 0 Å². The lowest BCUT2D eigenvalue weighted by molar-refractivity contribution is -0.139. The van der Waals surface area contributed by atoms with Crippen LogP contribution in [0.1, 0.15) is 11.1 Å². The van der Waals surface area contributed by atoms with Crippen LogP contribution in [-0.2, 0) is 16.1 Å². The number of benzene rings is 1. The van der Waals surface area contributed by atoms with Gasteiger partial charge in [0.15, 0.2) is 0 Å². The van der Waals surface area contributed by atoms with Crippen molar-refractivity contribution in [2.75, 3.05) is 20.8 Å². The number of carbonyl (C=O) groups is 1. The van der Waals surface area contributed by atoms with Gasteiger partial charge in [-0.1, -0.05) is 33.6 Å². The van der Waals surface area contributed by atoms with E-state index in [4.69, 9.17) is 4.74 Å². The average Bonchev–Trinajstić information content (AvgIpc) is 2.38. The molecule has 4 nitrogen and oxygen atoms in total. The van der Waals surface area contributed by atoms with Crippen molar-refractivity contribution in [2.45, 2.75) is 18.3 Å². The summed E-state index contributed by atoms with van der Waals surface area (Å²) in [5, 5.41) is 3.19. The second-order valence-electron chi connectivity index (χ2n) is 3.94. The molecule has 0 aliphatic rings. The molecule has 0 heterocycles. The third-order valence-corrected chi connectivity index (χ3v) is 3.23. The highest BCUT2D eigenvalue weighted by molar-refractivity contribution is 9.10. The highest BCUT2D eigenvalue weighted by Crippen LogP contribution is 2.19. The predicted octanol–water partition coefficient (Wildman–Crippen LogP) is 2.03. The van der Waals surface area contributed by atoms with Crippen molar-refractivity contribution in [1.82, 2.24) is 5.32 Å². The molecular weight excluding hydrogens is 298 g/mol. The van der Waals surface area contributed by atoms with Crippen LogP contribution < -0.4 is 10.1 Å². The van der Waals surface area contributed by atoms with Crippen molar-refractivity contribution in [2.24, 2.45) is 0 Å². The van der Waals surface area contributed by atoms with Crippen LogP contribution in [0, 0.1) is 6.92 Å². The van der Waals surface area contributed by atoms with Crippen LogP contribution in [0.25, 0.3) is 0 Å². The molecule has 0 bridgehead atoms. The highest BCUT2D eigenvalue weighted by atomic mass is 79.9. The number of ether oxygens (including phenoxy) is 2. The molecule has 0 radical (unpaired) electrons. The Balaban J connectivity index is 2.53. The van der Waals surface area contributed by atoms with Gasteiger partial charge in [0.25, 0.3) is 0 Å². The topological polar surface area (TPSA) is 47.6 Å². The highest BCUT2D eigenvalue weighted by Gasteiger charge is 2.14. The number of alkyl halides is 1. The van der Waals surface area contributed by atoms with Crippen molar-refractivity contribution in [1.29, 1.82) is 0 Å². The van der Waals surface area contributed by atoms with Crippen molar-refractivity contribution in [3.63, 3.8) is 0 Å². The monoisotopic (exact) mass is 315 g/mol. The first-order valence-electron chi connectivity index (χ1n) is 5.64. The Morgan fingerprint density at radius 1 is 1.44 bits per heavy atom. The zero-order valence-corrected chi connectivity index (χ0v) is 12.4. The van der Waals surface area contributed by atoms with E-state index in [1.165, 1.54) is 12.7 Å². The third kappa shape index (κ3) is 4.31. The smallest absolute Gasteiger partial charge is 0.320 e. The molecule has 0 aromatic heterocycles. The Hall–Kier alpha value is -1.07. The average molecular weight is 316 g/mol. The summed E-state index contributed by atoms with van der Waals surface area (Å²) in [6.07, 6.45) is 0. The molecule has 0 spiro atoms. The fourth-order valence-electron chi connectivity index (χ4n) is 1.59. The van der Waals surface area contributed by atoms with Gasteiger partial charge in [-0.05, 0) is 13.0 Å². The van der Waals surface area contributed by atoms with Gasteiger partial charge in [0.2, 0.25) is 0 Å². The second kappa shape index (κ2) is 7.38. The number of methoxy groups -OCH3 is 2. The first-order chi connectivity index (χ1) is 8.58. The Morgan fingerprint density at radius 3 is 2.78 bits per heavy atom. The van der Waals surface area contributed by atoms with E-state index in [0.717, 1.165) is 11.3 Å². The van der Waals surface area contributed by atoms with E-state index in [2.05, 4.69) is 32.0 Å². The molecular formula is C13H18BrNO3. The van der Waals surface area contributed by atoms with Crippen LogP contribution >= 0.6 is 15.9 Å². The minimum Gasteiger partial charge on any atom is -0.496 e. The number of rotatable bonds is 6. The molecule has 18 heavy (non-hydrogen) atoms. The summed E-state index contributed by atoms with van der Waals surface area (Å²) < 4.78 is 9.91. The van der Waals surface area contributed by atoms with Crippen molar-refractivity contribution in [3.8, 4) is 5.75 Å². The number of nitrogens with one attached hydrogen (secondary N) is 1. The van der Waals surface area contributed by atoms with Crippen LogP contribution in [0.15, 0.2) is 18.2 Å². The molecule has 1 rings (SSSR count). The summed E-state index contributed by atoms with van der Waals surface area (Å²) in [5.41, 5.74) is 2.25. The molecule has 0 aliphatic carbocycles. The molecule has 1 N–H and O–H groups in total. The van der Waals surface area contributed by atoms with Gasteiger partial charge in [0.05, 0.1) is 14.2 Å². The fourth-order valence-corrected chi connectivity index (χ4v) is 2.01. The minimum atomic E-state index is -0.335. The Labute approximate surface area is 116 Å². The van der Waals surface area contributed by atoms with E-state index in [1.807, 2.05) is 19.1 Å². The Kier molecular flexibility index (Phi) is 6.15. The van der Waals surface area contributed by atoms with Gasteiger partial charge in [-0.25, -0.2) is 0 Å². The molecule has 0 aliphatic heterocycles. The number of carbonyl (C=O) groups excluding carboxylic acids is 1. The van der Waals surface area contributed by atoms with Gasteiger partial charge in [0.1, 0.15) is 10.6 Å². The molecule has 0 amide bonds. The zero-order chi connectivity index (χ0) is 13.5. The molecule has 100 valence electrons. The van der Waals surface area contributed by atoms with Gasteiger partial charge in [-0.15, -0.1) is 0 Å². The number of aryl methyl sites for hydroxylation is 1. The second-order valence-corrected chi connectivity index (χ2v) is 5.04. The summed E-state index contributed by atoms with van der Waals surface area (Å²) in [4.78, 5) is 10.9. The van der Waals surface area contributed by atoms with E-state index in [9.17, 15) is 4.79 Å². The number of hydrogen-bond acceptors (Lipinski definition) is 4. The minimum absolute atomic E-state index is 0.279. The maximum atomic E-state index is 11.2. The summed E-state index contributed by atoms with van der Waals surface area (Å²) in [5.74, 6) is 0.566.